The second-order valence-electron chi connectivity index (χ2n) is 6.28. The Morgan fingerprint density at radius 2 is 2.15 bits per heavy atom. The van der Waals surface area contributed by atoms with Crippen LogP contribution in [0.25, 0.3) is 22.2 Å². The lowest BCUT2D eigenvalue weighted by atomic mass is 10.0. The average molecular weight is 391 g/mol. The number of nitrogens with one attached hydrogen (secondary N) is 2. The maximum absolute atomic E-state index is 12.8. The Labute approximate surface area is 154 Å². The molecule has 1 aliphatic rings. The molecule has 0 radical (unpaired) electrons. The largest absolute Gasteiger partial charge is 0.348 e. The molecule has 2 N–H and O–H groups in total. The summed E-state index contributed by atoms with van der Waals surface area (Å²) in [5, 5.41) is 10.6. The highest BCUT2D eigenvalue weighted by atomic mass is 35.5. The second kappa shape index (κ2) is 6.37. The van der Waals surface area contributed by atoms with E-state index in [-0.39, 0.29) is 23.5 Å². The van der Waals surface area contributed by atoms with Crippen molar-refractivity contribution in [3.05, 3.63) is 47.2 Å². The minimum Gasteiger partial charge on any atom is -0.348 e. The van der Waals surface area contributed by atoms with Crippen molar-refractivity contribution < 1.29 is 13.2 Å². The summed E-state index contributed by atoms with van der Waals surface area (Å²) in [5.74, 6) is -0.251. The van der Waals surface area contributed by atoms with Gasteiger partial charge in [-0.25, -0.2) is 13.4 Å². The molecule has 0 bridgehead atoms. The van der Waals surface area contributed by atoms with E-state index in [9.17, 15) is 13.2 Å². The molecule has 4 rings (SSSR count). The van der Waals surface area contributed by atoms with Gasteiger partial charge in [-0.3, -0.25) is 9.89 Å². The predicted octanol–water partition coefficient (Wildman–Crippen LogP) is 2.20. The van der Waals surface area contributed by atoms with E-state index in [0.29, 0.717) is 33.6 Å². The third-order valence-electron chi connectivity index (χ3n) is 4.38. The van der Waals surface area contributed by atoms with Crippen LogP contribution in [0.15, 0.2) is 36.7 Å². The lowest BCUT2D eigenvalue weighted by Crippen LogP contribution is -2.35. The van der Waals surface area contributed by atoms with Gasteiger partial charge in [-0.1, -0.05) is 17.7 Å². The summed E-state index contributed by atoms with van der Waals surface area (Å²) >= 11 is 6.07. The van der Waals surface area contributed by atoms with E-state index in [1.54, 1.807) is 36.7 Å². The van der Waals surface area contributed by atoms with Gasteiger partial charge in [0.15, 0.2) is 9.84 Å². The topological polar surface area (TPSA) is 105 Å². The molecule has 0 spiro atoms. The fourth-order valence-electron chi connectivity index (χ4n) is 3.10. The Hall–Kier alpha value is -2.45. The Bertz CT molecular complexity index is 1100. The molecule has 1 unspecified atom stereocenters. The quantitative estimate of drug-likeness (QED) is 0.713. The van der Waals surface area contributed by atoms with Crippen molar-refractivity contribution in [2.75, 3.05) is 11.5 Å². The summed E-state index contributed by atoms with van der Waals surface area (Å²) < 4.78 is 23.3. The van der Waals surface area contributed by atoms with Gasteiger partial charge in [0, 0.05) is 28.2 Å². The molecule has 3 aromatic rings. The molecule has 0 saturated carbocycles. The molecule has 3 heterocycles. The molecule has 9 heteroatoms. The third-order valence-corrected chi connectivity index (χ3v) is 6.38. The van der Waals surface area contributed by atoms with Crippen molar-refractivity contribution in [2.24, 2.45) is 0 Å². The van der Waals surface area contributed by atoms with Gasteiger partial charge >= 0.3 is 0 Å². The highest BCUT2D eigenvalue weighted by molar-refractivity contribution is 7.91. The predicted molar refractivity (Wildman–Crippen MR) is 98.9 cm³/mol. The summed E-state index contributed by atoms with van der Waals surface area (Å²) in [7, 11) is -3.07. The second-order valence-corrected chi connectivity index (χ2v) is 8.94. The number of amides is 1. The van der Waals surface area contributed by atoms with Crippen molar-refractivity contribution in [1.29, 1.82) is 0 Å². The van der Waals surface area contributed by atoms with Crippen LogP contribution in [0.4, 0.5) is 0 Å². The van der Waals surface area contributed by atoms with E-state index in [0.717, 1.165) is 5.56 Å². The van der Waals surface area contributed by atoms with Gasteiger partial charge < -0.3 is 5.32 Å². The standard InChI is InChI=1S/C17H15ClN4O3S/c18-11-1-2-13-14(17(23)21-12-3-4-26(24,25)9-12)6-15(22-16(13)5-11)10-7-19-20-8-10/h1-2,5-8,12H,3-4,9H2,(H,19,20)(H,21,23). The van der Waals surface area contributed by atoms with E-state index in [2.05, 4.69) is 20.5 Å². The van der Waals surface area contributed by atoms with Crippen molar-refractivity contribution in [3.8, 4) is 11.3 Å². The van der Waals surface area contributed by atoms with Crippen LogP contribution in [0.3, 0.4) is 0 Å². The number of H-pyrrole nitrogens is 1. The van der Waals surface area contributed by atoms with E-state index in [1.165, 1.54) is 0 Å². The molecule has 1 amide bonds. The Balaban J connectivity index is 1.76. The minimum atomic E-state index is -3.07. The maximum Gasteiger partial charge on any atom is 0.252 e. The summed E-state index contributed by atoms with van der Waals surface area (Å²) in [6, 6.07) is 6.43. The number of hydrogen-bond donors (Lipinski definition) is 2. The highest BCUT2D eigenvalue weighted by Gasteiger charge is 2.29. The number of rotatable bonds is 3. The van der Waals surface area contributed by atoms with Crippen molar-refractivity contribution in [2.45, 2.75) is 12.5 Å². The number of benzene rings is 1. The highest BCUT2D eigenvalue weighted by Crippen LogP contribution is 2.27. The average Bonchev–Trinajstić information content (AvgIpc) is 3.23. The molecule has 1 aromatic carbocycles. The van der Waals surface area contributed by atoms with Gasteiger partial charge in [0.2, 0.25) is 0 Å². The number of carbonyl (C=O) groups excluding carboxylic acids is 1. The van der Waals surface area contributed by atoms with Gasteiger partial charge in [-0.05, 0) is 24.6 Å². The number of aromatic nitrogens is 3. The Kier molecular flexibility index (Phi) is 4.16. The molecular weight excluding hydrogens is 376 g/mol. The monoisotopic (exact) mass is 390 g/mol. The number of carbonyl (C=O) groups is 1. The zero-order chi connectivity index (χ0) is 18.3. The van der Waals surface area contributed by atoms with Gasteiger partial charge in [0.1, 0.15) is 0 Å². The van der Waals surface area contributed by atoms with Crippen molar-refractivity contribution in [3.63, 3.8) is 0 Å². The van der Waals surface area contributed by atoms with E-state index < -0.39 is 9.84 Å². The zero-order valence-electron chi connectivity index (χ0n) is 13.6. The molecule has 1 saturated heterocycles. The summed E-state index contributed by atoms with van der Waals surface area (Å²) in [6.07, 6.45) is 3.73. The molecule has 2 aromatic heterocycles. The SMILES string of the molecule is O=C(NC1CCS(=O)(=O)C1)c1cc(-c2cn[nH]c2)nc2cc(Cl)ccc12. The molecule has 1 atom stereocenters. The Morgan fingerprint density at radius 1 is 1.31 bits per heavy atom. The van der Waals surface area contributed by atoms with E-state index in [1.807, 2.05) is 0 Å². The smallest absolute Gasteiger partial charge is 0.252 e. The lowest BCUT2D eigenvalue weighted by molar-refractivity contribution is 0.0943. The van der Waals surface area contributed by atoms with Crippen LogP contribution < -0.4 is 5.32 Å². The van der Waals surface area contributed by atoms with Crippen LogP contribution in [-0.2, 0) is 9.84 Å². The molecule has 26 heavy (non-hydrogen) atoms. The van der Waals surface area contributed by atoms with Crippen molar-refractivity contribution in [1.82, 2.24) is 20.5 Å². The summed E-state index contributed by atoms with van der Waals surface area (Å²) in [6.45, 7) is 0. The fourth-order valence-corrected chi connectivity index (χ4v) is 4.94. The van der Waals surface area contributed by atoms with Gasteiger partial charge in [0.25, 0.3) is 5.91 Å². The minimum absolute atomic E-state index is 0.0256. The Morgan fingerprint density at radius 3 is 2.85 bits per heavy atom. The zero-order valence-corrected chi connectivity index (χ0v) is 15.1. The van der Waals surface area contributed by atoms with E-state index >= 15 is 0 Å². The van der Waals surface area contributed by atoms with Crippen LogP contribution in [0.2, 0.25) is 5.02 Å². The number of hydrogen-bond acceptors (Lipinski definition) is 5. The number of pyridine rings is 1. The number of sulfone groups is 1. The first-order valence-corrected chi connectivity index (χ1v) is 10.2. The number of nitrogens with zero attached hydrogens (tertiary/aromatic N) is 2. The maximum atomic E-state index is 12.8. The van der Waals surface area contributed by atoms with Crippen LogP contribution in [0, 0.1) is 0 Å². The summed E-state index contributed by atoms with van der Waals surface area (Å²) in [4.78, 5) is 17.4. The number of fused-ring (bicyclic) bond motifs is 1. The molecular formula is C17H15ClN4O3S. The first-order valence-electron chi connectivity index (χ1n) is 8.02. The van der Waals surface area contributed by atoms with Gasteiger partial charge in [-0.2, -0.15) is 5.10 Å². The lowest BCUT2D eigenvalue weighted by Gasteiger charge is -2.13. The van der Waals surface area contributed by atoms with Crippen LogP contribution in [0.1, 0.15) is 16.8 Å². The first-order chi connectivity index (χ1) is 12.4. The fraction of sp³-hybridized carbons (Fsp3) is 0.235. The van der Waals surface area contributed by atoms with Crippen molar-refractivity contribution >= 4 is 38.2 Å². The van der Waals surface area contributed by atoms with Gasteiger partial charge in [0.05, 0.1) is 34.5 Å². The molecule has 0 aliphatic carbocycles. The van der Waals surface area contributed by atoms with Crippen LogP contribution in [0.5, 0.6) is 0 Å². The number of halogens is 1. The molecule has 1 aliphatic heterocycles. The normalized spacial score (nSPS) is 18.9. The molecule has 1 fully saturated rings. The third kappa shape index (κ3) is 3.30. The van der Waals surface area contributed by atoms with Crippen LogP contribution >= 0.6 is 11.6 Å². The molecule has 7 nitrogen and oxygen atoms in total. The summed E-state index contributed by atoms with van der Waals surface area (Å²) in [5.41, 5.74) is 2.33. The molecule has 134 valence electrons. The van der Waals surface area contributed by atoms with E-state index in [4.69, 9.17) is 11.6 Å². The first kappa shape index (κ1) is 17.0. The number of aromatic amines is 1. The van der Waals surface area contributed by atoms with Crippen LogP contribution in [-0.4, -0.2) is 47.1 Å². The van der Waals surface area contributed by atoms with Gasteiger partial charge in [-0.15, -0.1) is 0 Å².